The Kier molecular flexibility index (Phi) is 1.28. The third-order valence-electron chi connectivity index (χ3n) is 2.17. The molecule has 2 N–H and O–H groups in total. The van der Waals surface area contributed by atoms with Crippen molar-refractivity contribution >= 4 is 0 Å². The van der Waals surface area contributed by atoms with Crippen LogP contribution in [0.3, 0.4) is 0 Å². The Balaban J connectivity index is 2.10. The maximum Gasteiger partial charge on any atom is 0.0291 e. The smallest absolute Gasteiger partial charge is 0.0291 e. The first kappa shape index (κ1) is 5.45. The van der Waals surface area contributed by atoms with Crippen LogP contribution in [0.4, 0.5) is 0 Å². The van der Waals surface area contributed by atoms with Crippen LogP contribution in [0.1, 0.15) is 12.8 Å². The van der Waals surface area contributed by atoms with Gasteiger partial charge in [-0.3, -0.25) is 10.9 Å². The van der Waals surface area contributed by atoms with Gasteiger partial charge in [0, 0.05) is 18.5 Å². The molecular formula is C7H12N2. The van der Waals surface area contributed by atoms with Crippen LogP contribution < -0.4 is 10.9 Å². The zero-order valence-electron chi connectivity index (χ0n) is 5.43. The van der Waals surface area contributed by atoms with Gasteiger partial charge in [-0.1, -0.05) is 12.2 Å². The van der Waals surface area contributed by atoms with E-state index < -0.39 is 0 Å². The first-order valence-corrected chi connectivity index (χ1v) is 3.62. The number of fused-ring (bicyclic) bond motifs is 1. The Morgan fingerprint density at radius 1 is 1.44 bits per heavy atom. The van der Waals surface area contributed by atoms with Gasteiger partial charge in [0.05, 0.1) is 0 Å². The SMILES string of the molecule is C1=CC2CNNC2CC1. The molecule has 0 aromatic rings. The van der Waals surface area contributed by atoms with Gasteiger partial charge in [0.1, 0.15) is 0 Å². The number of allylic oxidation sites excluding steroid dienone is 1. The van der Waals surface area contributed by atoms with Crippen LogP contribution >= 0.6 is 0 Å². The van der Waals surface area contributed by atoms with E-state index in [1.54, 1.807) is 0 Å². The topological polar surface area (TPSA) is 24.1 Å². The van der Waals surface area contributed by atoms with Crippen molar-refractivity contribution in [1.82, 2.24) is 10.9 Å². The maximum atomic E-state index is 3.26. The standard InChI is InChI=1S/C7H12N2/c1-2-4-7-6(3-1)5-8-9-7/h1,3,6-9H,2,4-5H2. The van der Waals surface area contributed by atoms with Crippen LogP contribution in [0.2, 0.25) is 0 Å². The monoisotopic (exact) mass is 124 g/mol. The summed E-state index contributed by atoms with van der Waals surface area (Å²) < 4.78 is 0. The summed E-state index contributed by atoms with van der Waals surface area (Å²) in [7, 11) is 0. The minimum atomic E-state index is 0.718. The van der Waals surface area contributed by atoms with Gasteiger partial charge >= 0.3 is 0 Å². The molecule has 1 heterocycles. The number of hydrogen-bond donors (Lipinski definition) is 2. The molecule has 2 aliphatic rings. The molecule has 0 radical (unpaired) electrons. The fourth-order valence-electron chi connectivity index (χ4n) is 1.59. The number of hydrazine groups is 1. The zero-order valence-corrected chi connectivity index (χ0v) is 5.43. The average Bonchev–Trinajstić information content (AvgIpc) is 2.33. The lowest BCUT2D eigenvalue weighted by Crippen LogP contribution is -2.31. The highest BCUT2D eigenvalue weighted by Gasteiger charge is 2.25. The van der Waals surface area contributed by atoms with Crippen molar-refractivity contribution in [3.05, 3.63) is 12.2 Å². The zero-order chi connectivity index (χ0) is 6.10. The molecule has 0 bridgehead atoms. The molecule has 0 amide bonds. The van der Waals surface area contributed by atoms with Crippen LogP contribution in [0.25, 0.3) is 0 Å². The van der Waals surface area contributed by atoms with Gasteiger partial charge in [-0.2, -0.15) is 0 Å². The molecule has 2 atom stereocenters. The minimum absolute atomic E-state index is 0.718. The summed E-state index contributed by atoms with van der Waals surface area (Å²) >= 11 is 0. The van der Waals surface area contributed by atoms with E-state index in [1.165, 1.54) is 12.8 Å². The Bertz CT molecular complexity index is 131. The molecule has 0 saturated carbocycles. The highest BCUT2D eigenvalue weighted by Crippen LogP contribution is 2.19. The van der Waals surface area contributed by atoms with E-state index in [-0.39, 0.29) is 0 Å². The van der Waals surface area contributed by atoms with Gasteiger partial charge in [-0.05, 0) is 12.8 Å². The third kappa shape index (κ3) is 0.884. The predicted molar refractivity (Wildman–Crippen MR) is 36.8 cm³/mol. The second kappa shape index (κ2) is 2.12. The van der Waals surface area contributed by atoms with Crippen molar-refractivity contribution in [3.8, 4) is 0 Å². The van der Waals surface area contributed by atoms with Crippen LogP contribution in [0.15, 0.2) is 12.2 Å². The van der Waals surface area contributed by atoms with Crippen molar-refractivity contribution < 1.29 is 0 Å². The molecule has 2 unspecified atom stereocenters. The van der Waals surface area contributed by atoms with E-state index in [2.05, 4.69) is 23.0 Å². The lowest BCUT2D eigenvalue weighted by atomic mass is 9.92. The van der Waals surface area contributed by atoms with Gasteiger partial charge in [-0.15, -0.1) is 0 Å². The molecule has 0 spiro atoms. The first-order valence-electron chi connectivity index (χ1n) is 3.62. The molecule has 1 aliphatic carbocycles. The van der Waals surface area contributed by atoms with Crippen LogP contribution in [-0.4, -0.2) is 12.6 Å². The van der Waals surface area contributed by atoms with Crippen molar-refractivity contribution in [1.29, 1.82) is 0 Å². The lowest BCUT2D eigenvalue weighted by molar-refractivity contribution is 0.468. The van der Waals surface area contributed by atoms with E-state index in [1.807, 2.05) is 0 Å². The number of hydrogen-bond acceptors (Lipinski definition) is 2. The summed E-state index contributed by atoms with van der Waals surface area (Å²) in [6, 6.07) is 0.718. The van der Waals surface area contributed by atoms with Crippen LogP contribution in [0, 0.1) is 5.92 Å². The Morgan fingerprint density at radius 3 is 3.33 bits per heavy atom. The molecule has 2 heteroatoms. The summed E-state index contributed by atoms with van der Waals surface area (Å²) in [4.78, 5) is 0. The lowest BCUT2D eigenvalue weighted by Gasteiger charge is -2.17. The van der Waals surface area contributed by atoms with Crippen molar-refractivity contribution in [2.75, 3.05) is 6.54 Å². The largest absolute Gasteiger partial charge is 0.257 e. The highest BCUT2D eigenvalue weighted by atomic mass is 15.4. The van der Waals surface area contributed by atoms with Crippen LogP contribution in [0.5, 0.6) is 0 Å². The van der Waals surface area contributed by atoms with E-state index in [4.69, 9.17) is 0 Å². The van der Waals surface area contributed by atoms with Crippen molar-refractivity contribution in [2.45, 2.75) is 18.9 Å². The van der Waals surface area contributed by atoms with Gasteiger partial charge in [-0.25, -0.2) is 0 Å². The Hall–Kier alpha value is -0.340. The van der Waals surface area contributed by atoms with Crippen molar-refractivity contribution in [2.24, 2.45) is 5.92 Å². The fourth-order valence-corrected chi connectivity index (χ4v) is 1.59. The molecule has 0 aromatic heterocycles. The molecule has 1 aliphatic heterocycles. The van der Waals surface area contributed by atoms with Crippen LogP contribution in [-0.2, 0) is 0 Å². The van der Waals surface area contributed by atoms with Gasteiger partial charge < -0.3 is 0 Å². The number of rotatable bonds is 0. The summed E-state index contributed by atoms with van der Waals surface area (Å²) in [5.41, 5.74) is 6.42. The maximum absolute atomic E-state index is 3.26. The Labute approximate surface area is 55.3 Å². The summed E-state index contributed by atoms with van der Waals surface area (Å²) in [6.07, 6.45) is 7.15. The molecule has 2 rings (SSSR count). The molecule has 9 heavy (non-hydrogen) atoms. The summed E-state index contributed by atoms with van der Waals surface area (Å²) in [6.45, 7) is 1.11. The van der Waals surface area contributed by atoms with Gasteiger partial charge in [0.2, 0.25) is 0 Å². The molecule has 50 valence electrons. The van der Waals surface area contributed by atoms with E-state index in [9.17, 15) is 0 Å². The Morgan fingerprint density at radius 2 is 2.44 bits per heavy atom. The fraction of sp³-hybridized carbons (Fsp3) is 0.714. The average molecular weight is 124 g/mol. The summed E-state index contributed by atoms with van der Waals surface area (Å²) in [5, 5.41) is 0. The number of nitrogens with one attached hydrogen (secondary N) is 2. The molecule has 1 saturated heterocycles. The van der Waals surface area contributed by atoms with Gasteiger partial charge in [0.25, 0.3) is 0 Å². The van der Waals surface area contributed by atoms with Gasteiger partial charge in [0.15, 0.2) is 0 Å². The first-order chi connectivity index (χ1) is 4.47. The molecule has 0 aromatic carbocycles. The summed E-state index contributed by atoms with van der Waals surface area (Å²) in [5.74, 6) is 0.763. The van der Waals surface area contributed by atoms with E-state index in [0.717, 1.165) is 18.5 Å². The quantitative estimate of drug-likeness (QED) is 0.457. The molecule has 2 nitrogen and oxygen atoms in total. The van der Waals surface area contributed by atoms with E-state index >= 15 is 0 Å². The molecular weight excluding hydrogens is 112 g/mol. The van der Waals surface area contributed by atoms with Crippen molar-refractivity contribution in [3.63, 3.8) is 0 Å². The predicted octanol–water partition coefficient (Wildman–Crippen LogP) is 0.429. The second-order valence-electron chi connectivity index (χ2n) is 2.80. The second-order valence-corrected chi connectivity index (χ2v) is 2.80. The molecule has 1 fully saturated rings. The van der Waals surface area contributed by atoms with E-state index in [0.29, 0.717) is 0 Å². The third-order valence-corrected chi connectivity index (χ3v) is 2.17. The minimum Gasteiger partial charge on any atom is -0.257 e. The highest BCUT2D eigenvalue weighted by molar-refractivity contribution is 5.02. The normalized spacial score (nSPS) is 40.9.